The molecule has 8 nitrogen and oxygen atoms in total. The zero-order chi connectivity index (χ0) is 22.0. The highest BCUT2D eigenvalue weighted by Gasteiger charge is 2.22. The molecule has 154 valence electrons. The SMILES string of the molecule is N#Cc1cnc2[nH]cc(C(=O)c3cccc(NS(=O)(=O)Cc4ccccn4)c3F)c2c1. The Hall–Kier alpha value is -4.10. The van der Waals surface area contributed by atoms with Crippen LogP contribution in [0.25, 0.3) is 11.0 Å². The highest BCUT2D eigenvalue weighted by molar-refractivity contribution is 7.91. The van der Waals surface area contributed by atoms with Crippen molar-refractivity contribution in [3.63, 3.8) is 0 Å². The van der Waals surface area contributed by atoms with Crippen LogP contribution in [-0.2, 0) is 15.8 Å². The molecule has 0 unspecified atom stereocenters. The third-order valence-corrected chi connectivity index (χ3v) is 5.68. The van der Waals surface area contributed by atoms with Gasteiger partial charge in [-0.1, -0.05) is 12.1 Å². The van der Waals surface area contributed by atoms with E-state index in [1.807, 2.05) is 6.07 Å². The number of nitrogens with zero attached hydrogens (tertiary/aromatic N) is 3. The van der Waals surface area contributed by atoms with Crippen LogP contribution in [0.5, 0.6) is 0 Å². The van der Waals surface area contributed by atoms with Gasteiger partial charge in [-0.2, -0.15) is 5.26 Å². The maximum atomic E-state index is 15.1. The average molecular weight is 435 g/mol. The van der Waals surface area contributed by atoms with Gasteiger partial charge in [-0.25, -0.2) is 17.8 Å². The fourth-order valence-electron chi connectivity index (χ4n) is 3.07. The second kappa shape index (κ2) is 7.97. The van der Waals surface area contributed by atoms with Crippen LogP contribution in [-0.4, -0.2) is 29.2 Å². The number of ketones is 1. The van der Waals surface area contributed by atoms with Crippen LogP contribution in [0.4, 0.5) is 10.1 Å². The lowest BCUT2D eigenvalue weighted by Crippen LogP contribution is -2.17. The van der Waals surface area contributed by atoms with E-state index in [1.54, 1.807) is 12.1 Å². The Bertz CT molecular complexity index is 1440. The summed E-state index contributed by atoms with van der Waals surface area (Å²) in [6.45, 7) is 0. The van der Waals surface area contributed by atoms with E-state index < -0.39 is 27.4 Å². The van der Waals surface area contributed by atoms with Gasteiger partial charge in [0, 0.05) is 29.5 Å². The number of anilines is 1. The number of pyridine rings is 2. The molecule has 0 aliphatic heterocycles. The van der Waals surface area contributed by atoms with E-state index in [9.17, 15) is 13.2 Å². The van der Waals surface area contributed by atoms with Crippen molar-refractivity contribution >= 4 is 32.5 Å². The third kappa shape index (κ3) is 4.12. The quantitative estimate of drug-likeness (QED) is 0.448. The standard InChI is InChI=1S/C21H14FN5O3S/c22-19-15(20(28)17-11-26-21-16(17)8-13(9-23)10-25-21)5-3-6-18(19)27-31(29,30)12-14-4-1-2-7-24-14/h1-8,10-11,27H,12H2,(H,25,26). The van der Waals surface area contributed by atoms with Crippen LogP contribution in [0.3, 0.4) is 0 Å². The summed E-state index contributed by atoms with van der Waals surface area (Å²) < 4.78 is 42.1. The summed E-state index contributed by atoms with van der Waals surface area (Å²) in [6, 6.07) is 12.1. The van der Waals surface area contributed by atoms with Gasteiger partial charge in [-0.3, -0.25) is 14.5 Å². The Balaban J connectivity index is 1.66. The Morgan fingerprint density at radius 1 is 1.16 bits per heavy atom. The monoisotopic (exact) mass is 435 g/mol. The van der Waals surface area contributed by atoms with Crippen molar-refractivity contribution in [2.24, 2.45) is 0 Å². The predicted molar refractivity (Wildman–Crippen MR) is 111 cm³/mol. The Labute approximate surface area is 176 Å². The molecule has 0 saturated heterocycles. The number of aromatic nitrogens is 3. The van der Waals surface area contributed by atoms with Crippen molar-refractivity contribution < 1.29 is 17.6 Å². The number of halogens is 1. The number of hydrogen-bond donors (Lipinski definition) is 2. The highest BCUT2D eigenvalue weighted by atomic mass is 32.2. The van der Waals surface area contributed by atoms with Crippen molar-refractivity contribution in [2.45, 2.75) is 5.75 Å². The molecule has 10 heteroatoms. The van der Waals surface area contributed by atoms with Gasteiger partial charge in [0.25, 0.3) is 0 Å². The van der Waals surface area contributed by atoms with Crippen LogP contribution >= 0.6 is 0 Å². The summed E-state index contributed by atoms with van der Waals surface area (Å²) in [6.07, 6.45) is 4.18. The van der Waals surface area contributed by atoms with Gasteiger partial charge in [-0.15, -0.1) is 0 Å². The van der Waals surface area contributed by atoms with E-state index in [0.29, 0.717) is 16.7 Å². The summed E-state index contributed by atoms with van der Waals surface area (Å²) in [7, 11) is -3.97. The minimum atomic E-state index is -3.97. The third-order valence-electron chi connectivity index (χ3n) is 4.48. The second-order valence-electron chi connectivity index (χ2n) is 6.61. The smallest absolute Gasteiger partial charge is 0.238 e. The molecule has 3 aromatic heterocycles. The number of H-pyrrole nitrogens is 1. The zero-order valence-electron chi connectivity index (χ0n) is 15.8. The number of aromatic amines is 1. The second-order valence-corrected chi connectivity index (χ2v) is 8.34. The molecule has 0 amide bonds. The largest absolute Gasteiger partial charge is 0.345 e. The van der Waals surface area contributed by atoms with Gasteiger partial charge in [0.2, 0.25) is 10.0 Å². The van der Waals surface area contributed by atoms with E-state index in [1.165, 1.54) is 48.9 Å². The summed E-state index contributed by atoms with van der Waals surface area (Å²) in [4.78, 5) is 23.8. The lowest BCUT2D eigenvalue weighted by atomic mass is 10.0. The molecule has 3 heterocycles. The first-order valence-corrected chi connectivity index (χ1v) is 10.6. The Morgan fingerprint density at radius 3 is 2.74 bits per heavy atom. The van der Waals surface area contributed by atoms with Crippen molar-refractivity contribution in [1.82, 2.24) is 15.0 Å². The predicted octanol–water partition coefficient (Wildman–Crippen LogP) is 3.14. The molecular weight excluding hydrogens is 421 g/mol. The number of rotatable bonds is 6. The molecule has 0 aliphatic rings. The molecule has 1 aromatic carbocycles. The lowest BCUT2D eigenvalue weighted by molar-refractivity contribution is 0.103. The number of hydrogen-bond acceptors (Lipinski definition) is 6. The van der Waals surface area contributed by atoms with Gasteiger partial charge in [0.05, 0.1) is 22.5 Å². The fraction of sp³-hybridized carbons (Fsp3) is 0.0476. The summed E-state index contributed by atoms with van der Waals surface area (Å²) >= 11 is 0. The fourth-order valence-corrected chi connectivity index (χ4v) is 4.19. The molecule has 0 bridgehead atoms. The summed E-state index contributed by atoms with van der Waals surface area (Å²) in [5, 5.41) is 9.43. The lowest BCUT2D eigenvalue weighted by Gasteiger charge is -2.11. The number of sulfonamides is 1. The van der Waals surface area contributed by atoms with Gasteiger partial charge < -0.3 is 4.98 Å². The molecule has 31 heavy (non-hydrogen) atoms. The van der Waals surface area contributed by atoms with Crippen molar-refractivity contribution in [1.29, 1.82) is 5.26 Å². The van der Waals surface area contributed by atoms with Crippen LogP contribution in [0, 0.1) is 17.1 Å². The molecule has 0 fully saturated rings. The Kier molecular flexibility index (Phi) is 5.19. The molecule has 4 aromatic rings. The number of benzene rings is 1. The molecule has 0 atom stereocenters. The van der Waals surface area contributed by atoms with E-state index in [4.69, 9.17) is 5.26 Å². The van der Waals surface area contributed by atoms with Crippen molar-refractivity contribution in [3.8, 4) is 6.07 Å². The first-order chi connectivity index (χ1) is 14.9. The first kappa shape index (κ1) is 20.2. The van der Waals surface area contributed by atoms with Crippen molar-refractivity contribution in [3.05, 3.63) is 89.3 Å². The van der Waals surface area contributed by atoms with E-state index in [2.05, 4.69) is 19.7 Å². The topological polar surface area (TPSA) is 129 Å². The van der Waals surface area contributed by atoms with E-state index in [-0.39, 0.29) is 22.4 Å². The maximum Gasteiger partial charge on any atom is 0.238 e. The van der Waals surface area contributed by atoms with Crippen LogP contribution < -0.4 is 4.72 Å². The van der Waals surface area contributed by atoms with Crippen LogP contribution in [0.15, 0.2) is 61.1 Å². The number of fused-ring (bicyclic) bond motifs is 1. The molecular formula is C21H14FN5O3S. The van der Waals surface area contributed by atoms with E-state index >= 15 is 4.39 Å². The average Bonchev–Trinajstić information content (AvgIpc) is 3.18. The number of carbonyl (C=O) groups excluding carboxylic acids is 1. The molecule has 2 N–H and O–H groups in total. The van der Waals surface area contributed by atoms with Gasteiger partial charge in [0.1, 0.15) is 17.5 Å². The van der Waals surface area contributed by atoms with Crippen LogP contribution in [0.2, 0.25) is 0 Å². The van der Waals surface area contributed by atoms with E-state index in [0.717, 1.165) is 0 Å². The maximum absolute atomic E-state index is 15.1. The van der Waals surface area contributed by atoms with Gasteiger partial charge >= 0.3 is 0 Å². The van der Waals surface area contributed by atoms with Crippen LogP contribution in [0.1, 0.15) is 27.2 Å². The van der Waals surface area contributed by atoms with Gasteiger partial charge in [-0.05, 0) is 30.3 Å². The number of nitrogens with one attached hydrogen (secondary N) is 2. The summed E-state index contributed by atoms with van der Waals surface area (Å²) in [5.74, 6) is -2.13. The molecule has 0 radical (unpaired) electrons. The molecule has 0 aliphatic carbocycles. The van der Waals surface area contributed by atoms with Crippen molar-refractivity contribution in [2.75, 3.05) is 4.72 Å². The minimum Gasteiger partial charge on any atom is -0.345 e. The van der Waals surface area contributed by atoms with Gasteiger partial charge in [0.15, 0.2) is 11.6 Å². The minimum absolute atomic E-state index is 0.118. The normalized spacial score (nSPS) is 11.2. The molecule has 0 saturated carbocycles. The number of carbonyl (C=O) groups is 1. The molecule has 0 spiro atoms. The first-order valence-electron chi connectivity index (χ1n) is 8.99. The highest BCUT2D eigenvalue weighted by Crippen LogP contribution is 2.26. The summed E-state index contributed by atoms with van der Waals surface area (Å²) in [5.41, 5.74) is 0.362. The number of nitriles is 1. The molecule has 4 rings (SSSR count). The zero-order valence-corrected chi connectivity index (χ0v) is 16.6. The Morgan fingerprint density at radius 2 is 2.00 bits per heavy atom.